The van der Waals surface area contributed by atoms with E-state index in [-0.39, 0.29) is 11.9 Å². The van der Waals surface area contributed by atoms with Gasteiger partial charge in [0.2, 0.25) is 0 Å². The number of thiophene rings is 1. The molecule has 0 radical (unpaired) electrons. The van der Waals surface area contributed by atoms with Crippen molar-refractivity contribution in [3.63, 3.8) is 0 Å². The van der Waals surface area contributed by atoms with Gasteiger partial charge in [-0.2, -0.15) is 0 Å². The molecule has 2 aromatic heterocycles. The van der Waals surface area contributed by atoms with Crippen LogP contribution in [0.2, 0.25) is 0 Å². The molecule has 2 heterocycles. The number of nitrogens with zero attached hydrogens (tertiary/aromatic N) is 1. The highest BCUT2D eigenvalue weighted by Crippen LogP contribution is 2.35. The van der Waals surface area contributed by atoms with Crippen LogP contribution in [0.5, 0.6) is 0 Å². The van der Waals surface area contributed by atoms with E-state index >= 15 is 0 Å². The molecule has 31 heavy (non-hydrogen) atoms. The molecule has 4 aromatic rings. The summed E-state index contributed by atoms with van der Waals surface area (Å²) in [5, 5.41) is 4.95. The van der Waals surface area contributed by atoms with Gasteiger partial charge in [-0.25, -0.2) is 4.79 Å². The predicted molar refractivity (Wildman–Crippen MR) is 124 cm³/mol. The Morgan fingerprint density at radius 1 is 1.00 bits per heavy atom. The van der Waals surface area contributed by atoms with Crippen LogP contribution >= 0.6 is 11.3 Å². The molecule has 0 saturated heterocycles. The van der Waals surface area contributed by atoms with Crippen LogP contribution in [0.25, 0.3) is 16.8 Å². The van der Waals surface area contributed by atoms with E-state index < -0.39 is 0 Å². The second kappa shape index (κ2) is 9.02. The van der Waals surface area contributed by atoms with E-state index in [4.69, 9.17) is 4.74 Å². The lowest BCUT2D eigenvalue weighted by Crippen LogP contribution is -2.13. The first-order chi connectivity index (χ1) is 15.1. The van der Waals surface area contributed by atoms with E-state index in [1.54, 1.807) is 31.2 Å². The van der Waals surface area contributed by atoms with Gasteiger partial charge in [0, 0.05) is 29.0 Å². The first kappa shape index (κ1) is 20.6. The molecule has 1 N–H and O–H groups in total. The van der Waals surface area contributed by atoms with Crippen LogP contribution in [-0.2, 0) is 4.74 Å². The van der Waals surface area contributed by atoms with Gasteiger partial charge in [-0.3, -0.25) is 4.79 Å². The molecule has 0 aliphatic rings. The molecule has 0 aliphatic heterocycles. The molecule has 0 aliphatic carbocycles. The summed E-state index contributed by atoms with van der Waals surface area (Å²) in [4.78, 5) is 25.6. The van der Waals surface area contributed by atoms with Crippen molar-refractivity contribution in [3.8, 4) is 16.8 Å². The molecular weight excluding hydrogens is 408 g/mol. The van der Waals surface area contributed by atoms with Gasteiger partial charge in [0.1, 0.15) is 4.88 Å². The Hall–Kier alpha value is -3.64. The topological polar surface area (TPSA) is 60.3 Å². The van der Waals surface area contributed by atoms with Crippen molar-refractivity contribution in [2.45, 2.75) is 13.8 Å². The summed E-state index contributed by atoms with van der Waals surface area (Å²) in [5.41, 5.74) is 5.16. The number of hydrogen-bond donors (Lipinski definition) is 1. The molecule has 0 atom stereocenters. The zero-order valence-electron chi connectivity index (χ0n) is 17.3. The highest BCUT2D eigenvalue weighted by molar-refractivity contribution is 7.13. The van der Waals surface area contributed by atoms with Crippen molar-refractivity contribution < 1.29 is 14.3 Å². The molecule has 0 spiro atoms. The molecule has 0 fully saturated rings. The lowest BCUT2D eigenvalue weighted by Gasteiger charge is -2.11. The fraction of sp³-hybridized carbons (Fsp3) is 0.120. The van der Waals surface area contributed by atoms with Crippen LogP contribution in [-0.4, -0.2) is 23.1 Å². The Labute approximate surface area is 184 Å². The van der Waals surface area contributed by atoms with Gasteiger partial charge < -0.3 is 14.6 Å². The number of carbonyl (C=O) groups excluding carboxylic acids is 2. The van der Waals surface area contributed by atoms with Crippen molar-refractivity contribution in [1.82, 2.24) is 4.57 Å². The zero-order chi connectivity index (χ0) is 21.8. The van der Waals surface area contributed by atoms with E-state index in [0.717, 1.165) is 16.8 Å². The average Bonchev–Trinajstić information content (AvgIpc) is 3.45. The van der Waals surface area contributed by atoms with Crippen molar-refractivity contribution >= 4 is 28.9 Å². The molecule has 0 unspecified atom stereocenters. The Morgan fingerprint density at radius 2 is 1.68 bits per heavy atom. The molecule has 0 saturated carbocycles. The third kappa shape index (κ3) is 4.44. The van der Waals surface area contributed by atoms with Crippen molar-refractivity contribution in [2.24, 2.45) is 0 Å². The van der Waals surface area contributed by atoms with Gasteiger partial charge >= 0.3 is 5.97 Å². The minimum Gasteiger partial charge on any atom is -0.462 e. The first-order valence-corrected chi connectivity index (χ1v) is 10.8. The van der Waals surface area contributed by atoms with E-state index in [1.165, 1.54) is 16.9 Å². The maximum absolute atomic E-state index is 13.1. The molecule has 156 valence electrons. The lowest BCUT2D eigenvalue weighted by molar-refractivity contribution is 0.0526. The number of ether oxygens (including phenoxy) is 1. The van der Waals surface area contributed by atoms with Crippen LogP contribution in [0, 0.1) is 6.92 Å². The number of aryl methyl sites for hydroxylation is 1. The fourth-order valence-corrected chi connectivity index (χ4v) is 4.25. The van der Waals surface area contributed by atoms with Crippen molar-refractivity contribution in [1.29, 1.82) is 0 Å². The number of rotatable bonds is 6. The average molecular weight is 431 g/mol. The number of anilines is 1. The molecule has 2 aromatic carbocycles. The quantitative estimate of drug-likeness (QED) is 0.385. The van der Waals surface area contributed by atoms with Gasteiger partial charge in [0.05, 0.1) is 17.9 Å². The summed E-state index contributed by atoms with van der Waals surface area (Å²) in [7, 11) is 0. The Balaban J connectivity index is 1.64. The summed E-state index contributed by atoms with van der Waals surface area (Å²) in [6.45, 7) is 4.14. The van der Waals surface area contributed by atoms with E-state index in [9.17, 15) is 9.59 Å². The summed E-state index contributed by atoms with van der Waals surface area (Å²) in [6.07, 6.45) is 3.87. The van der Waals surface area contributed by atoms with Crippen LogP contribution in [0.15, 0.2) is 78.4 Å². The highest BCUT2D eigenvalue weighted by atomic mass is 32.1. The third-order valence-corrected chi connectivity index (χ3v) is 5.82. The highest BCUT2D eigenvalue weighted by Gasteiger charge is 2.20. The van der Waals surface area contributed by atoms with Gasteiger partial charge in [-0.05, 0) is 55.8 Å². The van der Waals surface area contributed by atoms with Crippen molar-refractivity contribution in [3.05, 3.63) is 94.4 Å². The largest absolute Gasteiger partial charge is 0.462 e. The Morgan fingerprint density at radius 3 is 2.32 bits per heavy atom. The van der Waals surface area contributed by atoms with E-state index in [1.807, 2.05) is 34.5 Å². The standard InChI is InChI=1S/C25H22N2O3S/c1-3-30-25(29)19-10-12-20(13-11-19)26-24(28)23-22(27-14-4-5-15-27)21(16-31-23)18-8-6-17(2)7-9-18/h4-16H,3H2,1-2H3,(H,26,28). The molecule has 6 heteroatoms. The van der Waals surface area contributed by atoms with E-state index in [0.29, 0.717) is 22.7 Å². The summed E-state index contributed by atoms with van der Waals surface area (Å²) in [6, 6.07) is 18.8. The zero-order valence-corrected chi connectivity index (χ0v) is 18.1. The minimum atomic E-state index is -0.378. The molecular formula is C25H22N2O3S. The molecule has 0 bridgehead atoms. The second-order valence-corrected chi connectivity index (χ2v) is 7.92. The number of hydrogen-bond acceptors (Lipinski definition) is 4. The van der Waals surface area contributed by atoms with Crippen LogP contribution < -0.4 is 5.32 Å². The Bertz CT molecular complexity index is 1190. The minimum absolute atomic E-state index is 0.198. The second-order valence-electron chi connectivity index (χ2n) is 7.04. The smallest absolute Gasteiger partial charge is 0.338 e. The molecule has 1 amide bonds. The number of amides is 1. The number of esters is 1. The van der Waals surface area contributed by atoms with Crippen LogP contribution in [0.4, 0.5) is 5.69 Å². The monoisotopic (exact) mass is 430 g/mol. The number of nitrogens with one attached hydrogen (secondary N) is 1. The molecule has 5 nitrogen and oxygen atoms in total. The van der Waals surface area contributed by atoms with Crippen LogP contribution in [0.3, 0.4) is 0 Å². The SMILES string of the molecule is CCOC(=O)c1ccc(NC(=O)c2scc(-c3ccc(C)cc3)c2-n2cccc2)cc1. The number of benzene rings is 2. The van der Waals surface area contributed by atoms with Gasteiger partial charge in [0.15, 0.2) is 0 Å². The summed E-state index contributed by atoms with van der Waals surface area (Å²) in [5.74, 6) is -0.577. The predicted octanol–water partition coefficient (Wildman–Crippen LogP) is 5.94. The van der Waals surface area contributed by atoms with Gasteiger partial charge in [0.25, 0.3) is 5.91 Å². The first-order valence-electron chi connectivity index (χ1n) is 9.97. The fourth-order valence-electron chi connectivity index (χ4n) is 3.28. The third-order valence-electron chi connectivity index (χ3n) is 4.85. The maximum Gasteiger partial charge on any atom is 0.338 e. The normalized spacial score (nSPS) is 10.6. The maximum atomic E-state index is 13.1. The summed E-state index contributed by atoms with van der Waals surface area (Å²) < 4.78 is 6.96. The van der Waals surface area contributed by atoms with Gasteiger partial charge in [-0.1, -0.05) is 29.8 Å². The van der Waals surface area contributed by atoms with E-state index in [2.05, 4.69) is 36.5 Å². The summed E-state index contributed by atoms with van der Waals surface area (Å²) >= 11 is 1.41. The lowest BCUT2D eigenvalue weighted by atomic mass is 10.0. The Kier molecular flexibility index (Phi) is 6.00. The number of carbonyl (C=O) groups is 2. The van der Waals surface area contributed by atoms with Crippen molar-refractivity contribution in [2.75, 3.05) is 11.9 Å². The number of aromatic nitrogens is 1. The molecule has 4 rings (SSSR count). The van der Waals surface area contributed by atoms with Crippen LogP contribution in [0.1, 0.15) is 32.5 Å². The van der Waals surface area contributed by atoms with Gasteiger partial charge in [-0.15, -0.1) is 11.3 Å².